The highest BCUT2D eigenvalue weighted by Gasteiger charge is 2.16. The first-order valence-electron chi connectivity index (χ1n) is 7.41. The van der Waals surface area contributed by atoms with Crippen LogP contribution in [0.25, 0.3) is 10.1 Å². The van der Waals surface area contributed by atoms with Crippen LogP contribution in [0.15, 0.2) is 29.6 Å². The predicted molar refractivity (Wildman–Crippen MR) is 89.9 cm³/mol. The summed E-state index contributed by atoms with van der Waals surface area (Å²) in [6.07, 6.45) is 7.29. The van der Waals surface area contributed by atoms with Crippen LogP contribution in [0.3, 0.4) is 0 Å². The molecule has 1 nitrogen and oxygen atoms in total. The van der Waals surface area contributed by atoms with Crippen LogP contribution in [0.1, 0.15) is 37.7 Å². The molecule has 106 valence electrons. The molecule has 1 aromatic heterocycles. The van der Waals surface area contributed by atoms with Crippen LogP contribution in [0.4, 0.5) is 0 Å². The zero-order chi connectivity index (χ0) is 13.8. The average molecular weight is 304 g/mol. The Morgan fingerprint density at radius 3 is 2.85 bits per heavy atom. The Kier molecular flexibility index (Phi) is 4.79. The number of hydrogen-bond acceptors (Lipinski definition) is 3. The second-order valence-corrected chi connectivity index (χ2v) is 7.74. The highest BCUT2D eigenvalue weighted by molar-refractivity contribution is 8.00. The summed E-state index contributed by atoms with van der Waals surface area (Å²) in [5, 5.41) is 4.13. The first-order valence-corrected chi connectivity index (χ1v) is 9.34. The van der Waals surface area contributed by atoms with Crippen LogP contribution in [-0.2, 0) is 11.2 Å². The van der Waals surface area contributed by atoms with E-state index in [9.17, 15) is 4.79 Å². The van der Waals surface area contributed by atoms with Crippen molar-refractivity contribution in [2.75, 3.05) is 5.75 Å². The van der Waals surface area contributed by atoms with Gasteiger partial charge < -0.3 is 0 Å². The molecular weight excluding hydrogens is 284 g/mol. The number of carbonyl (C=O) groups excluding carboxylic acids is 1. The summed E-state index contributed by atoms with van der Waals surface area (Å²) in [4.78, 5) is 12.2. The van der Waals surface area contributed by atoms with Crippen molar-refractivity contribution in [1.82, 2.24) is 0 Å². The maximum Gasteiger partial charge on any atom is 0.147 e. The Morgan fingerprint density at radius 2 is 2.00 bits per heavy atom. The number of thioether (sulfide) groups is 1. The van der Waals surface area contributed by atoms with Gasteiger partial charge in [0.05, 0.1) is 5.75 Å². The van der Waals surface area contributed by atoms with E-state index in [-0.39, 0.29) is 0 Å². The van der Waals surface area contributed by atoms with Gasteiger partial charge in [-0.2, -0.15) is 11.8 Å². The summed E-state index contributed by atoms with van der Waals surface area (Å²) in [6, 6.07) is 8.37. The van der Waals surface area contributed by atoms with Gasteiger partial charge in [-0.1, -0.05) is 37.5 Å². The summed E-state index contributed by atoms with van der Waals surface area (Å²) < 4.78 is 1.29. The van der Waals surface area contributed by atoms with E-state index in [1.54, 1.807) is 11.3 Å². The van der Waals surface area contributed by atoms with Crippen molar-refractivity contribution < 1.29 is 4.79 Å². The number of ketones is 1. The van der Waals surface area contributed by atoms with E-state index in [1.165, 1.54) is 47.8 Å². The lowest BCUT2D eigenvalue weighted by molar-refractivity contribution is -0.115. The smallest absolute Gasteiger partial charge is 0.147 e. The molecule has 0 unspecified atom stereocenters. The van der Waals surface area contributed by atoms with E-state index in [1.807, 2.05) is 11.8 Å². The lowest BCUT2D eigenvalue weighted by atomic mass is 10.0. The van der Waals surface area contributed by atoms with Gasteiger partial charge in [-0.05, 0) is 35.2 Å². The third-order valence-electron chi connectivity index (χ3n) is 3.98. The minimum Gasteiger partial charge on any atom is -0.298 e. The first kappa shape index (κ1) is 14.2. The van der Waals surface area contributed by atoms with Crippen LogP contribution < -0.4 is 0 Å². The molecule has 1 saturated carbocycles. The molecule has 3 heteroatoms. The zero-order valence-corrected chi connectivity index (χ0v) is 13.3. The van der Waals surface area contributed by atoms with Crippen molar-refractivity contribution in [2.45, 2.75) is 43.8 Å². The minimum atomic E-state index is 0.379. The molecule has 1 aliphatic rings. The van der Waals surface area contributed by atoms with Gasteiger partial charge in [-0.25, -0.2) is 0 Å². The first-order chi connectivity index (χ1) is 9.83. The SMILES string of the molecule is O=C(CSC1CCCCC1)Cc1csc2ccccc12. The van der Waals surface area contributed by atoms with Crippen molar-refractivity contribution in [1.29, 1.82) is 0 Å². The summed E-state index contributed by atoms with van der Waals surface area (Å²) in [7, 11) is 0. The maximum atomic E-state index is 12.2. The van der Waals surface area contributed by atoms with Gasteiger partial charge in [0, 0.05) is 16.4 Å². The highest BCUT2D eigenvalue weighted by Crippen LogP contribution is 2.29. The third-order valence-corrected chi connectivity index (χ3v) is 6.42. The van der Waals surface area contributed by atoms with Crippen molar-refractivity contribution in [3.63, 3.8) is 0 Å². The molecule has 0 bridgehead atoms. The van der Waals surface area contributed by atoms with Gasteiger partial charge in [0.15, 0.2) is 0 Å². The van der Waals surface area contributed by atoms with Crippen LogP contribution in [0.2, 0.25) is 0 Å². The number of benzene rings is 1. The van der Waals surface area contributed by atoms with E-state index in [2.05, 4.69) is 29.6 Å². The molecule has 0 spiro atoms. The summed E-state index contributed by atoms with van der Waals surface area (Å²) in [6.45, 7) is 0. The van der Waals surface area contributed by atoms with Crippen LogP contribution in [0, 0.1) is 0 Å². The quantitative estimate of drug-likeness (QED) is 0.766. The molecule has 1 aromatic carbocycles. The Morgan fingerprint density at radius 1 is 1.20 bits per heavy atom. The molecule has 20 heavy (non-hydrogen) atoms. The lowest BCUT2D eigenvalue weighted by Crippen LogP contribution is -2.13. The molecule has 0 atom stereocenters. The second-order valence-electron chi connectivity index (χ2n) is 5.54. The standard InChI is InChI=1S/C17H20OS2/c18-14(12-19-15-6-2-1-3-7-15)10-13-11-20-17-9-5-4-8-16(13)17/h4-5,8-9,11,15H,1-3,6-7,10,12H2. The fourth-order valence-corrected chi connectivity index (χ4v) is 5.03. The molecule has 0 saturated heterocycles. The fraction of sp³-hybridized carbons (Fsp3) is 0.471. The second kappa shape index (κ2) is 6.77. The van der Waals surface area contributed by atoms with Crippen molar-refractivity contribution in [2.24, 2.45) is 0 Å². The monoisotopic (exact) mass is 304 g/mol. The highest BCUT2D eigenvalue weighted by atomic mass is 32.2. The Balaban J connectivity index is 1.55. The maximum absolute atomic E-state index is 12.2. The van der Waals surface area contributed by atoms with Gasteiger partial charge >= 0.3 is 0 Å². The van der Waals surface area contributed by atoms with E-state index < -0.39 is 0 Å². The number of fused-ring (bicyclic) bond motifs is 1. The van der Waals surface area contributed by atoms with E-state index in [4.69, 9.17) is 0 Å². The molecule has 0 radical (unpaired) electrons. The number of rotatable bonds is 5. The van der Waals surface area contributed by atoms with Gasteiger partial charge in [0.1, 0.15) is 5.78 Å². The van der Waals surface area contributed by atoms with E-state index in [0.29, 0.717) is 18.0 Å². The van der Waals surface area contributed by atoms with Gasteiger partial charge in [-0.3, -0.25) is 4.79 Å². The largest absolute Gasteiger partial charge is 0.298 e. The summed E-state index contributed by atoms with van der Waals surface area (Å²) >= 11 is 3.63. The summed E-state index contributed by atoms with van der Waals surface area (Å²) in [5.74, 6) is 1.07. The van der Waals surface area contributed by atoms with Gasteiger partial charge in [0.2, 0.25) is 0 Å². The lowest BCUT2D eigenvalue weighted by Gasteiger charge is -2.20. The van der Waals surface area contributed by atoms with Crippen molar-refractivity contribution >= 4 is 39.0 Å². The van der Waals surface area contributed by atoms with Crippen LogP contribution in [-0.4, -0.2) is 16.8 Å². The Bertz CT molecular complexity index is 581. The van der Waals surface area contributed by atoms with Gasteiger partial charge in [0.25, 0.3) is 0 Å². The van der Waals surface area contributed by atoms with Crippen molar-refractivity contribution in [3.8, 4) is 0 Å². The molecule has 0 amide bonds. The number of hydrogen-bond donors (Lipinski definition) is 0. The van der Waals surface area contributed by atoms with Crippen LogP contribution in [0.5, 0.6) is 0 Å². The minimum absolute atomic E-state index is 0.379. The number of carbonyl (C=O) groups is 1. The average Bonchev–Trinajstić information content (AvgIpc) is 2.90. The molecule has 3 rings (SSSR count). The molecule has 0 aliphatic heterocycles. The zero-order valence-electron chi connectivity index (χ0n) is 11.6. The topological polar surface area (TPSA) is 17.1 Å². The number of thiophene rings is 1. The van der Waals surface area contributed by atoms with Crippen LogP contribution >= 0.6 is 23.1 Å². The molecule has 1 aliphatic carbocycles. The third kappa shape index (κ3) is 3.44. The van der Waals surface area contributed by atoms with Crippen molar-refractivity contribution in [3.05, 3.63) is 35.2 Å². The fourth-order valence-electron chi connectivity index (χ4n) is 2.88. The molecule has 1 fully saturated rings. The normalized spacial score (nSPS) is 16.6. The molecule has 1 heterocycles. The van der Waals surface area contributed by atoms with E-state index in [0.717, 1.165) is 5.25 Å². The van der Waals surface area contributed by atoms with E-state index >= 15 is 0 Å². The predicted octanol–water partition coefficient (Wildman–Crippen LogP) is 5.08. The molecule has 0 N–H and O–H groups in total. The Hall–Kier alpha value is -0.800. The van der Waals surface area contributed by atoms with Gasteiger partial charge in [-0.15, -0.1) is 11.3 Å². The Labute approximate surface area is 128 Å². The molecular formula is C17H20OS2. The molecule has 2 aromatic rings. The summed E-state index contributed by atoms with van der Waals surface area (Å²) in [5.41, 5.74) is 1.21. The number of Topliss-reactive ketones (excluding diaryl/α,β-unsaturated/α-hetero) is 1.